The molecule has 8 nitrogen and oxygen atoms in total. The second kappa shape index (κ2) is 10.8. The highest BCUT2D eigenvalue weighted by Crippen LogP contribution is 2.30. The van der Waals surface area contributed by atoms with E-state index in [0.29, 0.717) is 12.2 Å². The van der Waals surface area contributed by atoms with Gasteiger partial charge in [-0.05, 0) is 24.1 Å². The van der Waals surface area contributed by atoms with Crippen LogP contribution in [0.25, 0.3) is 0 Å². The number of hydrogen-bond acceptors (Lipinski definition) is 6. The van der Waals surface area contributed by atoms with Crippen LogP contribution in [0.15, 0.2) is 53.4 Å². The molecule has 9 heteroatoms. The molecule has 2 N–H and O–H groups in total. The topological polar surface area (TPSA) is 105 Å². The molecular formula is C20H26N2O6S. The lowest BCUT2D eigenvalue weighted by atomic mass is 10.1. The van der Waals surface area contributed by atoms with E-state index in [1.54, 1.807) is 0 Å². The number of hydrogen-bond donors (Lipinski definition) is 2. The van der Waals surface area contributed by atoms with E-state index in [1.165, 1.54) is 32.4 Å². The van der Waals surface area contributed by atoms with Crippen LogP contribution < -0.4 is 14.8 Å². The monoisotopic (exact) mass is 422 g/mol. The molecule has 0 bridgehead atoms. The van der Waals surface area contributed by atoms with Crippen LogP contribution in [0.2, 0.25) is 0 Å². The van der Waals surface area contributed by atoms with Gasteiger partial charge in [0.25, 0.3) is 0 Å². The third kappa shape index (κ3) is 6.18. The number of sulfonamides is 1. The van der Waals surface area contributed by atoms with Gasteiger partial charge in [0.1, 0.15) is 0 Å². The van der Waals surface area contributed by atoms with E-state index < -0.39 is 15.9 Å². The van der Waals surface area contributed by atoms with Crippen LogP contribution in [-0.4, -0.2) is 64.2 Å². The molecule has 29 heavy (non-hydrogen) atoms. The molecule has 0 spiro atoms. The number of benzene rings is 2. The zero-order chi connectivity index (χ0) is 21.3. The Morgan fingerprint density at radius 3 is 2.38 bits per heavy atom. The number of ether oxygens (including phenoxy) is 2. The van der Waals surface area contributed by atoms with Gasteiger partial charge in [-0.1, -0.05) is 30.3 Å². The second-order valence-electron chi connectivity index (χ2n) is 6.16. The van der Waals surface area contributed by atoms with Gasteiger partial charge in [-0.2, -0.15) is 4.31 Å². The second-order valence-corrected chi connectivity index (χ2v) is 8.10. The number of rotatable bonds is 11. The highest BCUT2D eigenvalue weighted by molar-refractivity contribution is 7.89. The Labute approximate surface area is 171 Å². The van der Waals surface area contributed by atoms with Crippen LogP contribution in [0.1, 0.15) is 5.56 Å². The summed E-state index contributed by atoms with van der Waals surface area (Å²) in [6.07, 6.45) is 0.445. The van der Waals surface area contributed by atoms with Crippen molar-refractivity contribution in [2.45, 2.75) is 11.3 Å². The quantitative estimate of drug-likeness (QED) is 0.561. The van der Waals surface area contributed by atoms with Gasteiger partial charge in [0.05, 0.1) is 32.3 Å². The first-order chi connectivity index (χ1) is 13.9. The van der Waals surface area contributed by atoms with Gasteiger partial charge < -0.3 is 19.9 Å². The fourth-order valence-corrected chi connectivity index (χ4v) is 4.13. The van der Waals surface area contributed by atoms with E-state index in [0.717, 1.165) is 9.87 Å². The van der Waals surface area contributed by atoms with Crippen LogP contribution >= 0.6 is 0 Å². The minimum Gasteiger partial charge on any atom is -0.493 e. The third-order valence-electron chi connectivity index (χ3n) is 4.24. The number of nitrogens with one attached hydrogen (secondary N) is 1. The number of nitrogens with zero attached hydrogens (tertiary/aromatic N) is 1. The van der Waals surface area contributed by atoms with Crippen LogP contribution in [0, 0.1) is 0 Å². The minimum atomic E-state index is -3.97. The van der Waals surface area contributed by atoms with E-state index in [9.17, 15) is 13.2 Å². The van der Waals surface area contributed by atoms with Gasteiger partial charge >= 0.3 is 0 Å². The van der Waals surface area contributed by atoms with E-state index in [-0.39, 0.29) is 36.9 Å². The summed E-state index contributed by atoms with van der Waals surface area (Å²) in [4.78, 5) is 12.2. The molecular weight excluding hydrogens is 396 g/mol. The van der Waals surface area contributed by atoms with E-state index in [2.05, 4.69) is 5.32 Å². The number of methoxy groups -OCH3 is 2. The van der Waals surface area contributed by atoms with E-state index in [1.807, 2.05) is 30.3 Å². The van der Waals surface area contributed by atoms with Crippen molar-refractivity contribution in [1.29, 1.82) is 0 Å². The molecule has 2 aromatic carbocycles. The Morgan fingerprint density at radius 2 is 1.76 bits per heavy atom. The Kier molecular flexibility index (Phi) is 8.44. The molecule has 0 saturated carbocycles. The Balaban J connectivity index is 2.30. The normalized spacial score (nSPS) is 11.3. The fourth-order valence-electron chi connectivity index (χ4n) is 2.72. The first-order valence-corrected chi connectivity index (χ1v) is 10.5. The molecule has 0 saturated heterocycles. The molecule has 0 aliphatic rings. The van der Waals surface area contributed by atoms with E-state index >= 15 is 0 Å². The van der Waals surface area contributed by atoms with Crippen molar-refractivity contribution in [3.63, 3.8) is 0 Å². The van der Waals surface area contributed by atoms with Crippen molar-refractivity contribution in [3.05, 3.63) is 54.1 Å². The Morgan fingerprint density at radius 1 is 1.07 bits per heavy atom. The smallest absolute Gasteiger partial charge is 0.243 e. The predicted octanol–water partition coefficient (Wildman–Crippen LogP) is 1.05. The molecule has 158 valence electrons. The van der Waals surface area contributed by atoms with Gasteiger partial charge in [-0.15, -0.1) is 0 Å². The highest BCUT2D eigenvalue weighted by Gasteiger charge is 2.27. The summed E-state index contributed by atoms with van der Waals surface area (Å²) < 4.78 is 37.9. The van der Waals surface area contributed by atoms with Gasteiger partial charge in [0.15, 0.2) is 11.5 Å². The summed E-state index contributed by atoms with van der Waals surface area (Å²) in [6, 6.07) is 13.7. The number of carbonyl (C=O) groups excluding carboxylic acids is 1. The van der Waals surface area contributed by atoms with Crippen LogP contribution in [0.5, 0.6) is 11.5 Å². The molecule has 1 amide bonds. The fraction of sp³-hybridized carbons (Fsp3) is 0.350. The van der Waals surface area contributed by atoms with Crippen molar-refractivity contribution in [2.75, 3.05) is 40.5 Å². The molecule has 0 heterocycles. The van der Waals surface area contributed by atoms with Crippen LogP contribution in [-0.2, 0) is 21.2 Å². The molecule has 0 radical (unpaired) electrons. The number of aliphatic hydroxyl groups excluding tert-OH is 1. The maximum atomic E-state index is 13.2. The van der Waals surface area contributed by atoms with Gasteiger partial charge in [-0.25, -0.2) is 8.42 Å². The lowest BCUT2D eigenvalue weighted by molar-refractivity contribution is -0.121. The standard InChI is InChI=1S/C20H26N2O6S/c1-27-18-9-8-17(14-19(18)28-2)29(25,26)22(15-20(24)21-11-13-23)12-10-16-6-4-3-5-7-16/h3-9,14,23H,10-13,15H2,1-2H3,(H,21,24). The van der Waals surface area contributed by atoms with Gasteiger partial charge in [0, 0.05) is 19.2 Å². The zero-order valence-electron chi connectivity index (χ0n) is 16.5. The summed E-state index contributed by atoms with van der Waals surface area (Å²) in [6.45, 7) is -0.406. The molecule has 0 aliphatic heterocycles. The van der Waals surface area contributed by atoms with Gasteiger partial charge in [0.2, 0.25) is 15.9 Å². The number of carbonyl (C=O) groups is 1. The summed E-state index contributed by atoms with van der Waals surface area (Å²) in [5, 5.41) is 11.4. The van der Waals surface area contributed by atoms with Crippen molar-refractivity contribution >= 4 is 15.9 Å². The third-order valence-corrected chi connectivity index (χ3v) is 6.08. The molecule has 2 rings (SSSR count). The summed E-state index contributed by atoms with van der Waals surface area (Å²) >= 11 is 0. The van der Waals surface area contributed by atoms with E-state index in [4.69, 9.17) is 14.6 Å². The first kappa shape index (κ1) is 22.7. The molecule has 0 unspecified atom stereocenters. The Hall–Kier alpha value is -2.62. The largest absolute Gasteiger partial charge is 0.493 e. The highest BCUT2D eigenvalue weighted by atomic mass is 32.2. The average molecular weight is 423 g/mol. The molecule has 0 fully saturated rings. The zero-order valence-corrected chi connectivity index (χ0v) is 17.3. The lowest BCUT2D eigenvalue weighted by Crippen LogP contribution is -2.42. The van der Waals surface area contributed by atoms with Crippen molar-refractivity contribution in [3.8, 4) is 11.5 Å². The maximum Gasteiger partial charge on any atom is 0.243 e. The predicted molar refractivity (Wildman–Crippen MR) is 109 cm³/mol. The maximum absolute atomic E-state index is 13.2. The molecule has 2 aromatic rings. The summed E-state index contributed by atoms with van der Waals surface area (Å²) in [5.74, 6) is 0.195. The van der Waals surface area contributed by atoms with Crippen LogP contribution in [0.3, 0.4) is 0 Å². The van der Waals surface area contributed by atoms with Crippen molar-refractivity contribution in [1.82, 2.24) is 9.62 Å². The summed E-state index contributed by atoms with van der Waals surface area (Å²) in [7, 11) is -1.09. The van der Waals surface area contributed by atoms with Crippen molar-refractivity contribution < 1.29 is 27.8 Å². The lowest BCUT2D eigenvalue weighted by Gasteiger charge is -2.22. The minimum absolute atomic E-state index is 0.00169. The SMILES string of the molecule is COc1ccc(S(=O)(=O)N(CCc2ccccc2)CC(=O)NCCO)cc1OC. The van der Waals surface area contributed by atoms with Gasteiger partial charge in [-0.3, -0.25) is 4.79 Å². The Bertz CT molecular complexity index is 902. The van der Waals surface area contributed by atoms with Crippen LogP contribution in [0.4, 0.5) is 0 Å². The molecule has 0 atom stereocenters. The first-order valence-electron chi connectivity index (χ1n) is 9.06. The number of aliphatic hydroxyl groups is 1. The molecule has 0 aliphatic carbocycles. The summed E-state index contributed by atoms with van der Waals surface area (Å²) in [5.41, 5.74) is 0.954. The van der Waals surface area contributed by atoms with Crippen molar-refractivity contribution in [2.24, 2.45) is 0 Å². The number of amides is 1. The average Bonchev–Trinajstić information content (AvgIpc) is 2.75. The molecule has 0 aromatic heterocycles.